The minimum atomic E-state index is -0.729. The summed E-state index contributed by atoms with van der Waals surface area (Å²) in [6, 6.07) is 8.61. The minimum Gasteiger partial charge on any atom is -0.322 e. The van der Waals surface area contributed by atoms with Crippen molar-refractivity contribution in [2.24, 2.45) is 11.7 Å². The molecular formula is C21H23N9O2. The lowest BCUT2D eigenvalue weighted by Gasteiger charge is -2.35. The molecule has 4 fully saturated rings. The number of nitrogens with one attached hydrogen (secondary N) is 1. The van der Waals surface area contributed by atoms with Gasteiger partial charge in [-0.15, -0.1) is 10.2 Å². The second kappa shape index (κ2) is 7.08. The number of H-pyrrole nitrogens is 1. The van der Waals surface area contributed by atoms with E-state index in [1.165, 1.54) is 0 Å². The summed E-state index contributed by atoms with van der Waals surface area (Å²) in [7, 11) is 0. The van der Waals surface area contributed by atoms with E-state index in [4.69, 9.17) is 5.73 Å². The number of piperazine rings is 1. The normalized spacial score (nSPS) is 31.6. The molecule has 4 aliphatic rings. The Morgan fingerprint density at radius 2 is 2.22 bits per heavy atom. The van der Waals surface area contributed by atoms with Crippen LogP contribution in [-0.4, -0.2) is 85.5 Å². The summed E-state index contributed by atoms with van der Waals surface area (Å²) < 4.78 is 0. The first-order valence-corrected chi connectivity index (χ1v) is 10.9. The van der Waals surface area contributed by atoms with Crippen molar-refractivity contribution in [2.45, 2.75) is 49.5 Å². The van der Waals surface area contributed by atoms with Gasteiger partial charge in [-0.2, -0.15) is 10.5 Å². The number of benzene rings is 1. The summed E-state index contributed by atoms with van der Waals surface area (Å²) in [4.78, 5) is 31.7. The Kier molecular flexibility index (Phi) is 4.28. The topological polar surface area (TPSA) is 148 Å². The van der Waals surface area contributed by atoms with Gasteiger partial charge in [0.25, 0.3) is 0 Å². The largest absolute Gasteiger partial charge is 0.322 e. The number of nitrogens with two attached hydrogens (primary N) is 1. The zero-order valence-corrected chi connectivity index (χ0v) is 17.3. The van der Waals surface area contributed by atoms with E-state index in [9.17, 15) is 14.9 Å². The molecule has 1 aromatic heterocycles. The highest BCUT2D eigenvalue weighted by atomic mass is 16.2. The molecule has 6 rings (SSSR count). The molecule has 0 radical (unpaired) electrons. The second-order valence-corrected chi connectivity index (χ2v) is 9.15. The van der Waals surface area contributed by atoms with Crippen molar-refractivity contribution < 1.29 is 9.59 Å². The maximum atomic E-state index is 13.2. The average Bonchev–Trinajstić information content (AvgIpc) is 3.25. The fourth-order valence-electron chi connectivity index (χ4n) is 5.69. The highest BCUT2D eigenvalue weighted by Gasteiger charge is 2.55. The number of likely N-dealkylation sites (tertiary alicyclic amines) is 2. The van der Waals surface area contributed by atoms with Gasteiger partial charge in [-0.1, -0.05) is 12.1 Å². The highest BCUT2D eigenvalue weighted by Crippen LogP contribution is 2.47. The zero-order valence-electron chi connectivity index (χ0n) is 17.3. The van der Waals surface area contributed by atoms with Gasteiger partial charge in [0.1, 0.15) is 6.04 Å². The summed E-state index contributed by atoms with van der Waals surface area (Å²) in [6.45, 7) is 0.992. The first kappa shape index (κ1) is 19.3. The van der Waals surface area contributed by atoms with Gasteiger partial charge in [-0.3, -0.25) is 14.5 Å². The van der Waals surface area contributed by atoms with Crippen LogP contribution in [-0.2, 0) is 9.59 Å². The number of nitriles is 1. The third-order valence-corrected chi connectivity index (χ3v) is 7.25. The van der Waals surface area contributed by atoms with Crippen molar-refractivity contribution in [3.8, 4) is 17.5 Å². The fraction of sp³-hybridized carbons (Fsp3) is 0.524. The van der Waals surface area contributed by atoms with Gasteiger partial charge < -0.3 is 15.5 Å². The Bertz CT molecular complexity index is 1110. The molecule has 1 aromatic carbocycles. The van der Waals surface area contributed by atoms with Gasteiger partial charge in [-0.25, -0.2) is 0 Å². The summed E-state index contributed by atoms with van der Waals surface area (Å²) in [5.41, 5.74) is 7.87. The van der Waals surface area contributed by atoms with Crippen molar-refractivity contribution >= 4 is 17.5 Å². The molecule has 11 heteroatoms. The average molecular weight is 433 g/mol. The zero-order chi connectivity index (χ0) is 22.0. The molecule has 6 atom stereocenters. The molecule has 3 N–H and O–H groups in total. The quantitative estimate of drug-likeness (QED) is 0.641. The van der Waals surface area contributed by atoms with Gasteiger partial charge in [0.2, 0.25) is 17.6 Å². The number of aromatic amines is 1. The molecule has 3 saturated heterocycles. The molecule has 1 unspecified atom stereocenters. The van der Waals surface area contributed by atoms with E-state index >= 15 is 0 Å². The van der Waals surface area contributed by atoms with Gasteiger partial charge in [0.15, 0.2) is 0 Å². The number of hydrogen-bond acceptors (Lipinski definition) is 8. The van der Waals surface area contributed by atoms with Crippen LogP contribution in [0.2, 0.25) is 0 Å². The number of piperidine rings is 1. The Labute approximate surface area is 184 Å². The van der Waals surface area contributed by atoms with Crippen molar-refractivity contribution in [2.75, 3.05) is 18.0 Å². The van der Waals surface area contributed by atoms with Crippen molar-refractivity contribution in [3.63, 3.8) is 0 Å². The SMILES string of the molecule is N#C[C@@H]1C[C@@H]2CC2N1C(=O)[C@@H](N)CN1C[C@@H]2C[C@H]1C(=O)N2c1cccc(-c2nn[nH]n2)c1. The van der Waals surface area contributed by atoms with Gasteiger partial charge >= 0.3 is 0 Å². The Morgan fingerprint density at radius 1 is 1.34 bits per heavy atom. The highest BCUT2D eigenvalue weighted by molar-refractivity contribution is 6.01. The van der Waals surface area contributed by atoms with Crippen LogP contribution in [0.15, 0.2) is 24.3 Å². The predicted octanol–water partition coefficient (Wildman–Crippen LogP) is -0.504. The van der Waals surface area contributed by atoms with E-state index in [2.05, 4.69) is 26.7 Å². The van der Waals surface area contributed by atoms with Crippen LogP contribution in [0.4, 0.5) is 5.69 Å². The number of carbonyl (C=O) groups is 2. The molecule has 2 amide bonds. The molecule has 11 nitrogen and oxygen atoms in total. The van der Waals surface area contributed by atoms with Crippen LogP contribution in [0, 0.1) is 17.2 Å². The van der Waals surface area contributed by atoms with Crippen LogP contribution in [0.1, 0.15) is 19.3 Å². The molecule has 0 spiro atoms. The molecule has 1 aliphatic carbocycles. The van der Waals surface area contributed by atoms with E-state index < -0.39 is 6.04 Å². The van der Waals surface area contributed by atoms with Crippen LogP contribution >= 0.6 is 0 Å². The molecule has 2 aromatic rings. The van der Waals surface area contributed by atoms with Crippen LogP contribution in [0.3, 0.4) is 0 Å². The maximum absolute atomic E-state index is 13.2. The summed E-state index contributed by atoms with van der Waals surface area (Å²) in [6.07, 6.45) is 2.44. The Morgan fingerprint density at radius 3 is 2.97 bits per heavy atom. The van der Waals surface area contributed by atoms with Gasteiger partial charge in [-0.05, 0) is 42.5 Å². The third-order valence-electron chi connectivity index (χ3n) is 7.25. The molecule has 3 aliphatic heterocycles. The van der Waals surface area contributed by atoms with Gasteiger partial charge in [0, 0.05) is 30.4 Å². The number of amides is 2. The first-order chi connectivity index (χ1) is 15.5. The second-order valence-electron chi connectivity index (χ2n) is 9.15. The smallest absolute Gasteiger partial charge is 0.244 e. The Balaban J connectivity index is 1.14. The van der Waals surface area contributed by atoms with E-state index in [0.717, 1.165) is 24.1 Å². The fourth-order valence-corrected chi connectivity index (χ4v) is 5.69. The first-order valence-electron chi connectivity index (χ1n) is 10.9. The van der Waals surface area contributed by atoms with E-state index in [-0.39, 0.29) is 36.0 Å². The molecule has 32 heavy (non-hydrogen) atoms. The number of anilines is 1. The predicted molar refractivity (Wildman–Crippen MR) is 112 cm³/mol. The van der Waals surface area contributed by atoms with Crippen molar-refractivity contribution in [3.05, 3.63) is 24.3 Å². The summed E-state index contributed by atoms with van der Waals surface area (Å²) in [5.74, 6) is 0.785. The maximum Gasteiger partial charge on any atom is 0.244 e. The summed E-state index contributed by atoms with van der Waals surface area (Å²) in [5, 5.41) is 23.4. The minimum absolute atomic E-state index is 0.0180. The Hall–Kier alpha value is -3.36. The van der Waals surface area contributed by atoms with Crippen molar-refractivity contribution in [1.82, 2.24) is 30.4 Å². The number of tetrazole rings is 1. The van der Waals surface area contributed by atoms with E-state index in [1.54, 1.807) is 4.90 Å². The number of nitrogens with zero attached hydrogens (tertiary/aromatic N) is 7. The van der Waals surface area contributed by atoms with Crippen LogP contribution in [0.25, 0.3) is 11.4 Å². The number of fused-ring (bicyclic) bond motifs is 3. The molecule has 164 valence electrons. The van der Waals surface area contributed by atoms with Crippen LogP contribution in [0.5, 0.6) is 0 Å². The lowest BCUT2D eigenvalue weighted by Crippen LogP contribution is -2.57. The number of aromatic nitrogens is 4. The van der Waals surface area contributed by atoms with Crippen molar-refractivity contribution in [1.29, 1.82) is 5.26 Å². The molecule has 1 saturated carbocycles. The van der Waals surface area contributed by atoms with E-state index in [1.807, 2.05) is 34.1 Å². The van der Waals surface area contributed by atoms with E-state index in [0.29, 0.717) is 31.3 Å². The standard InChI is InChI=1S/C21H23N9O2/c22-8-14-5-12-6-17(12)30(14)20(31)16(23)10-28-9-15-7-18(28)21(32)29(15)13-3-1-2-11(4-13)19-24-26-27-25-19/h1-4,12,14-18H,5-7,9-10,23H2,(H,24,25,26,27)/t12-,14+,15+,16+,17?,18+/m1/s1. The number of hydrogen-bond donors (Lipinski definition) is 2. The molecule has 2 bridgehead atoms. The number of rotatable bonds is 5. The third kappa shape index (κ3) is 2.91. The number of carbonyl (C=O) groups excluding carboxylic acids is 2. The lowest BCUT2D eigenvalue weighted by molar-refractivity contribution is -0.135. The molecule has 4 heterocycles. The molecular weight excluding hydrogens is 410 g/mol. The van der Waals surface area contributed by atoms with Gasteiger partial charge in [0.05, 0.1) is 24.2 Å². The summed E-state index contributed by atoms with van der Waals surface area (Å²) >= 11 is 0. The lowest BCUT2D eigenvalue weighted by atomic mass is 10.1. The van der Waals surface area contributed by atoms with Crippen LogP contribution < -0.4 is 10.6 Å². The monoisotopic (exact) mass is 433 g/mol.